The van der Waals surface area contributed by atoms with Crippen LogP contribution in [-0.4, -0.2) is 27.6 Å². The third-order valence-electron chi connectivity index (χ3n) is 3.94. The molecule has 10 heteroatoms. The van der Waals surface area contributed by atoms with Crippen molar-refractivity contribution in [2.75, 3.05) is 7.05 Å². The number of benzene rings is 1. The van der Waals surface area contributed by atoms with E-state index < -0.39 is 0 Å². The summed E-state index contributed by atoms with van der Waals surface area (Å²) in [5.74, 6) is 0.699. The Hall–Kier alpha value is -1.67. The van der Waals surface area contributed by atoms with Crippen molar-refractivity contribution in [2.24, 2.45) is 7.05 Å². The predicted molar refractivity (Wildman–Crippen MR) is 111 cm³/mol. The Morgan fingerprint density at radius 2 is 1.96 bits per heavy atom. The standard InChI is InChI=1S/C18H15BrCl3N3O3/c1-24(8-15-12(19)7-23-25(15)2)18(26)16-4-3-11(28-16)9-27-17-13(21)5-10(20)6-14(17)22/h3-7H,8-9H2,1-2H3. The summed E-state index contributed by atoms with van der Waals surface area (Å²) in [6.07, 6.45) is 1.68. The van der Waals surface area contributed by atoms with Gasteiger partial charge >= 0.3 is 0 Å². The topological polar surface area (TPSA) is 60.5 Å². The number of furan rings is 1. The molecule has 0 unspecified atom stereocenters. The molecule has 2 aromatic heterocycles. The minimum atomic E-state index is -0.262. The molecular formula is C18H15BrCl3N3O3. The monoisotopic (exact) mass is 505 g/mol. The molecule has 0 saturated heterocycles. The highest BCUT2D eigenvalue weighted by molar-refractivity contribution is 9.10. The van der Waals surface area contributed by atoms with E-state index in [0.29, 0.717) is 33.1 Å². The summed E-state index contributed by atoms with van der Waals surface area (Å²) in [7, 11) is 3.50. The van der Waals surface area contributed by atoms with E-state index >= 15 is 0 Å². The lowest BCUT2D eigenvalue weighted by Gasteiger charge is -2.16. The van der Waals surface area contributed by atoms with Crippen molar-refractivity contribution in [1.29, 1.82) is 0 Å². The SMILES string of the molecule is CN(Cc1c(Br)cnn1C)C(=O)c1ccc(COc2c(Cl)cc(Cl)cc2Cl)o1. The molecule has 1 amide bonds. The fourth-order valence-corrected chi connectivity index (χ4v) is 3.88. The number of carbonyl (C=O) groups excluding carboxylic acids is 1. The maximum atomic E-state index is 12.6. The van der Waals surface area contributed by atoms with E-state index in [1.165, 1.54) is 17.0 Å². The molecule has 6 nitrogen and oxygen atoms in total. The zero-order valence-corrected chi connectivity index (χ0v) is 18.7. The van der Waals surface area contributed by atoms with Gasteiger partial charge in [-0.05, 0) is 40.2 Å². The van der Waals surface area contributed by atoms with Crippen LogP contribution in [0.25, 0.3) is 0 Å². The van der Waals surface area contributed by atoms with Gasteiger partial charge in [-0.3, -0.25) is 9.48 Å². The molecule has 3 rings (SSSR count). The Kier molecular flexibility index (Phi) is 6.60. The smallest absolute Gasteiger partial charge is 0.289 e. The molecule has 2 heterocycles. The minimum Gasteiger partial charge on any atom is -0.483 e. The first kappa shape index (κ1) is 21.0. The molecule has 0 aliphatic heterocycles. The number of ether oxygens (including phenoxy) is 1. The van der Waals surface area contributed by atoms with Crippen molar-refractivity contribution in [2.45, 2.75) is 13.2 Å². The van der Waals surface area contributed by atoms with Crippen LogP contribution in [-0.2, 0) is 20.2 Å². The lowest BCUT2D eigenvalue weighted by atomic mass is 10.3. The Balaban J connectivity index is 1.66. The van der Waals surface area contributed by atoms with Gasteiger partial charge in [0.2, 0.25) is 0 Å². The molecular weight excluding hydrogens is 492 g/mol. The molecule has 0 saturated carbocycles. The molecule has 0 aliphatic carbocycles. The third-order valence-corrected chi connectivity index (χ3v) is 5.38. The number of aromatic nitrogens is 2. The fourth-order valence-electron chi connectivity index (χ4n) is 2.48. The van der Waals surface area contributed by atoms with Gasteiger partial charge in [0, 0.05) is 19.1 Å². The van der Waals surface area contributed by atoms with Crippen LogP contribution in [0.4, 0.5) is 0 Å². The predicted octanol–water partition coefficient (Wildman–Crippen LogP) is 5.59. The maximum Gasteiger partial charge on any atom is 0.289 e. The van der Waals surface area contributed by atoms with Crippen LogP contribution in [0.1, 0.15) is 22.0 Å². The molecule has 148 valence electrons. The van der Waals surface area contributed by atoms with Gasteiger partial charge in [0.05, 0.1) is 33.0 Å². The fraction of sp³-hybridized carbons (Fsp3) is 0.222. The van der Waals surface area contributed by atoms with Crippen molar-refractivity contribution < 1.29 is 13.9 Å². The summed E-state index contributed by atoms with van der Waals surface area (Å²) in [5.41, 5.74) is 0.873. The van der Waals surface area contributed by atoms with Gasteiger partial charge in [-0.1, -0.05) is 34.8 Å². The van der Waals surface area contributed by atoms with Crippen LogP contribution in [0, 0.1) is 0 Å². The molecule has 1 aromatic carbocycles. The Labute approximate surface area is 185 Å². The Bertz CT molecular complexity index is 976. The molecule has 0 radical (unpaired) electrons. The second kappa shape index (κ2) is 8.78. The molecule has 28 heavy (non-hydrogen) atoms. The Morgan fingerprint density at radius 3 is 2.57 bits per heavy atom. The van der Waals surface area contributed by atoms with Gasteiger partial charge in [0.15, 0.2) is 11.5 Å². The minimum absolute atomic E-state index is 0.0609. The van der Waals surface area contributed by atoms with Gasteiger partial charge in [-0.2, -0.15) is 5.10 Å². The van der Waals surface area contributed by atoms with E-state index in [1.54, 1.807) is 30.1 Å². The van der Waals surface area contributed by atoms with E-state index in [4.69, 9.17) is 44.0 Å². The quantitative estimate of drug-likeness (QED) is 0.437. The van der Waals surface area contributed by atoms with Crippen LogP contribution in [0.15, 0.2) is 39.4 Å². The molecule has 0 fully saturated rings. The highest BCUT2D eigenvalue weighted by Gasteiger charge is 2.19. The van der Waals surface area contributed by atoms with Gasteiger partial charge in [-0.15, -0.1) is 0 Å². The second-order valence-corrected chi connectivity index (χ2v) is 8.08. The lowest BCUT2D eigenvalue weighted by Crippen LogP contribution is -2.27. The maximum absolute atomic E-state index is 12.6. The van der Waals surface area contributed by atoms with Gasteiger partial charge in [0.25, 0.3) is 5.91 Å². The first-order valence-corrected chi connectivity index (χ1v) is 9.97. The van der Waals surface area contributed by atoms with Crippen LogP contribution in [0.5, 0.6) is 5.75 Å². The summed E-state index contributed by atoms with van der Waals surface area (Å²) in [5, 5.41) is 5.14. The van der Waals surface area contributed by atoms with E-state index in [1.807, 2.05) is 7.05 Å². The number of amides is 1. The molecule has 0 atom stereocenters. The number of hydrogen-bond donors (Lipinski definition) is 0. The number of rotatable bonds is 6. The highest BCUT2D eigenvalue weighted by Crippen LogP contribution is 2.36. The van der Waals surface area contributed by atoms with Gasteiger partial charge in [0.1, 0.15) is 12.4 Å². The van der Waals surface area contributed by atoms with Crippen LogP contribution >= 0.6 is 50.7 Å². The Morgan fingerprint density at radius 1 is 1.29 bits per heavy atom. The molecule has 3 aromatic rings. The normalized spacial score (nSPS) is 10.9. The zero-order valence-electron chi connectivity index (χ0n) is 14.9. The summed E-state index contributed by atoms with van der Waals surface area (Å²) in [4.78, 5) is 14.2. The van der Waals surface area contributed by atoms with Crippen molar-refractivity contribution in [3.63, 3.8) is 0 Å². The summed E-state index contributed by atoms with van der Waals surface area (Å²) >= 11 is 21.5. The summed E-state index contributed by atoms with van der Waals surface area (Å²) in [6, 6.07) is 6.33. The van der Waals surface area contributed by atoms with Crippen LogP contribution in [0.3, 0.4) is 0 Å². The number of halogens is 4. The van der Waals surface area contributed by atoms with Crippen LogP contribution in [0.2, 0.25) is 15.1 Å². The first-order valence-electron chi connectivity index (χ1n) is 8.04. The largest absolute Gasteiger partial charge is 0.483 e. The average molecular weight is 508 g/mol. The highest BCUT2D eigenvalue weighted by atomic mass is 79.9. The van der Waals surface area contributed by atoms with Crippen molar-refractivity contribution in [3.05, 3.63) is 67.2 Å². The van der Waals surface area contributed by atoms with Crippen molar-refractivity contribution in [3.8, 4) is 5.75 Å². The number of carbonyl (C=O) groups is 1. The molecule has 0 spiro atoms. The van der Waals surface area contributed by atoms with Gasteiger partial charge < -0.3 is 14.1 Å². The summed E-state index contributed by atoms with van der Waals surface area (Å²) in [6.45, 7) is 0.434. The first-order chi connectivity index (χ1) is 13.3. The van der Waals surface area contributed by atoms with Crippen molar-refractivity contribution in [1.82, 2.24) is 14.7 Å². The van der Waals surface area contributed by atoms with Crippen molar-refractivity contribution >= 4 is 56.6 Å². The third kappa shape index (κ3) is 4.66. The molecule has 0 bridgehead atoms. The summed E-state index contributed by atoms with van der Waals surface area (Å²) < 4.78 is 13.8. The molecule has 0 aliphatic rings. The lowest BCUT2D eigenvalue weighted by molar-refractivity contribution is 0.0746. The van der Waals surface area contributed by atoms with E-state index in [9.17, 15) is 4.79 Å². The van der Waals surface area contributed by atoms with E-state index in [0.717, 1.165) is 10.2 Å². The molecule has 0 N–H and O–H groups in total. The van der Waals surface area contributed by atoms with Gasteiger partial charge in [-0.25, -0.2) is 0 Å². The zero-order chi connectivity index (χ0) is 20.4. The number of nitrogens with zero attached hydrogens (tertiary/aromatic N) is 3. The van der Waals surface area contributed by atoms with E-state index in [-0.39, 0.29) is 18.3 Å². The van der Waals surface area contributed by atoms with Crippen LogP contribution < -0.4 is 4.74 Å². The average Bonchev–Trinajstić information content (AvgIpc) is 3.22. The second-order valence-electron chi connectivity index (χ2n) is 5.98. The number of hydrogen-bond acceptors (Lipinski definition) is 4. The van der Waals surface area contributed by atoms with E-state index in [2.05, 4.69) is 21.0 Å². The number of aryl methyl sites for hydroxylation is 1.